The van der Waals surface area contributed by atoms with Crippen LogP contribution in [0.5, 0.6) is 11.5 Å². The standard InChI is InChI=1S/C23H26FNO4/c1-27-21-6-3-2-5-17(21)13-22(26)25-12-4-11-23(16-25)14-20(15-28-23)29-19-9-7-18(24)8-10-19/h2-3,5-10,20H,4,11-16H2,1H3/t20-,23+/m1/s1. The lowest BCUT2D eigenvalue weighted by atomic mass is 9.89. The van der Waals surface area contributed by atoms with Crippen LogP contribution in [-0.2, 0) is 16.0 Å². The maximum absolute atomic E-state index is 13.1. The molecule has 2 aromatic rings. The van der Waals surface area contributed by atoms with Crippen LogP contribution >= 0.6 is 0 Å². The first-order chi connectivity index (χ1) is 14.1. The number of para-hydroxylation sites is 1. The molecule has 2 fully saturated rings. The molecular formula is C23H26FNO4. The minimum absolute atomic E-state index is 0.0834. The van der Waals surface area contributed by atoms with Crippen molar-refractivity contribution in [2.75, 3.05) is 26.8 Å². The molecule has 4 rings (SSSR count). The van der Waals surface area contributed by atoms with Crippen LogP contribution in [0.3, 0.4) is 0 Å². The fourth-order valence-corrected chi connectivity index (χ4v) is 4.30. The monoisotopic (exact) mass is 399 g/mol. The van der Waals surface area contributed by atoms with Gasteiger partial charge in [-0.3, -0.25) is 4.79 Å². The number of hydrogen-bond donors (Lipinski definition) is 0. The van der Waals surface area contributed by atoms with Gasteiger partial charge in [-0.25, -0.2) is 4.39 Å². The van der Waals surface area contributed by atoms with Gasteiger partial charge in [0.25, 0.3) is 0 Å². The Morgan fingerprint density at radius 3 is 2.83 bits per heavy atom. The highest BCUT2D eigenvalue weighted by Gasteiger charge is 2.45. The summed E-state index contributed by atoms with van der Waals surface area (Å²) in [6.07, 6.45) is 2.76. The van der Waals surface area contributed by atoms with Crippen molar-refractivity contribution in [3.05, 3.63) is 59.9 Å². The van der Waals surface area contributed by atoms with E-state index in [1.54, 1.807) is 19.2 Å². The minimum atomic E-state index is -0.362. The lowest BCUT2D eigenvalue weighted by Gasteiger charge is -2.39. The Labute approximate surface area is 170 Å². The molecule has 0 aromatic heterocycles. The Kier molecular flexibility index (Phi) is 5.72. The van der Waals surface area contributed by atoms with E-state index in [0.717, 1.165) is 37.1 Å². The number of ether oxygens (including phenoxy) is 3. The summed E-state index contributed by atoms with van der Waals surface area (Å²) in [7, 11) is 1.62. The van der Waals surface area contributed by atoms with E-state index in [9.17, 15) is 9.18 Å². The maximum Gasteiger partial charge on any atom is 0.227 e. The van der Waals surface area contributed by atoms with Crippen molar-refractivity contribution in [2.24, 2.45) is 0 Å². The van der Waals surface area contributed by atoms with Crippen molar-refractivity contribution in [3.8, 4) is 11.5 Å². The van der Waals surface area contributed by atoms with E-state index in [-0.39, 0.29) is 23.4 Å². The van der Waals surface area contributed by atoms with Crippen molar-refractivity contribution in [1.82, 2.24) is 4.90 Å². The zero-order chi connectivity index (χ0) is 20.3. The second-order valence-electron chi connectivity index (χ2n) is 7.80. The van der Waals surface area contributed by atoms with E-state index in [2.05, 4.69) is 0 Å². The molecule has 1 spiro atoms. The van der Waals surface area contributed by atoms with Gasteiger partial charge in [0.05, 0.1) is 25.7 Å². The Morgan fingerprint density at radius 1 is 1.24 bits per heavy atom. The summed E-state index contributed by atoms with van der Waals surface area (Å²) >= 11 is 0. The van der Waals surface area contributed by atoms with Gasteiger partial charge in [-0.15, -0.1) is 0 Å². The van der Waals surface area contributed by atoms with Crippen LogP contribution in [0, 0.1) is 5.82 Å². The molecule has 6 heteroatoms. The molecule has 0 N–H and O–H groups in total. The van der Waals surface area contributed by atoms with Crippen LogP contribution in [0.4, 0.5) is 4.39 Å². The lowest BCUT2D eigenvalue weighted by Crippen LogP contribution is -2.50. The van der Waals surface area contributed by atoms with Crippen LogP contribution in [0.1, 0.15) is 24.8 Å². The van der Waals surface area contributed by atoms with E-state index in [4.69, 9.17) is 14.2 Å². The van der Waals surface area contributed by atoms with Crippen molar-refractivity contribution < 1.29 is 23.4 Å². The zero-order valence-corrected chi connectivity index (χ0v) is 16.6. The summed E-state index contributed by atoms with van der Waals surface area (Å²) in [5.74, 6) is 1.17. The number of methoxy groups -OCH3 is 1. The van der Waals surface area contributed by atoms with Crippen LogP contribution in [0.2, 0.25) is 0 Å². The molecule has 0 bridgehead atoms. The van der Waals surface area contributed by atoms with E-state index in [0.29, 0.717) is 25.3 Å². The SMILES string of the molecule is COc1ccccc1CC(=O)N1CCC[C@]2(C[C@@H](Oc3ccc(F)cc3)CO2)C1. The van der Waals surface area contributed by atoms with Gasteiger partial charge in [0.15, 0.2) is 0 Å². The first-order valence-corrected chi connectivity index (χ1v) is 10.0. The van der Waals surface area contributed by atoms with Gasteiger partial charge in [0, 0.05) is 25.1 Å². The number of hydrogen-bond acceptors (Lipinski definition) is 4. The molecule has 0 saturated carbocycles. The smallest absolute Gasteiger partial charge is 0.227 e. The van der Waals surface area contributed by atoms with Gasteiger partial charge < -0.3 is 19.1 Å². The number of nitrogens with zero attached hydrogens (tertiary/aromatic N) is 1. The van der Waals surface area contributed by atoms with Gasteiger partial charge in [-0.1, -0.05) is 18.2 Å². The first kappa shape index (κ1) is 19.7. The molecule has 2 atom stereocenters. The highest BCUT2D eigenvalue weighted by molar-refractivity contribution is 5.79. The van der Waals surface area contributed by atoms with Crippen molar-refractivity contribution >= 4 is 5.91 Å². The van der Waals surface area contributed by atoms with E-state index in [1.807, 2.05) is 29.2 Å². The molecular weight excluding hydrogens is 373 g/mol. The fraction of sp³-hybridized carbons (Fsp3) is 0.435. The second-order valence-corrected chi connectivity index (χ2v) is 7.80. The molecule has 2 aromatic carbocycles. The predicted octanol–water partition coefficient (Wildman–Crippen LogP) is 3.61. The summed E-state index contributed by atoms with van der Waals surface area (Å²) in [5, 5.41) is 0. The molecule has 2 aliphatic heterocycles. The lowest BCUT2D eigenvalue weighted by molar-refractivity contribution is -0.138. The summed E-state index contributed by atoms with van der Waals surface area (Å²) in [6.45, 7) is 1.79. The Balaban J connectivity index is 1.37. The Hall–Kier alpha value is -2.60. The average Bonchev–Trinajstić information content (AvgIpc) is 3.11. The van der Waals surface area contributed by atoms with Crippen molar-refractivity contribution in [3.63, 3.8) is 0 Å². The Morgan fingerprint density at radius 2 is 2.03 bits per heavy atom. The molecule has 0 radical (unpaired) electrons. The number of carbonyl (C=O) groups excluding carboxylic acids is 1. The molecule has 29 heavy (non-hydrogen) atoms. The topological polar surface area (TPSA) is 48.0 Å². The third-order valence-corrected chi connectivity index (χ3v) is 5.72. The van der Waals surface area contributed by atoms with Gasteiger partial charge in [0.2, 0.25) is 5.91 Å². The number of halogens is 1. The summed E-state index contributed by atoms with van der Waals surface area (Å²) in [5.41, 5.74) is 0.531. The molecule has 0 unspecified atom stereocenters. The quantitative estimate of drug-likeness (QED) is 0.771. The highest BCUT2D eigenvalue weighted by Crippen LogP contribution is 2.36. The molecule has 5 nitrogen and oxygen atoms in total. The van der Waals surface area contributed by atoms with Crippen LogP contribution in [0.25, 0.3) is 0 Å². The minimum Gasteiger partial charge on any atom is -0.496 e. The largest absolute Gasteiger partial charge is 0.496 e. The van der Waals surface area contributed by atoms with Crippen molar-refractivity contribution in [2.45, 2.75) is 37.4 Å². The van der Waals surface area contributed by atoms with E-state index < -0.39 is 0 Å². The zero-order valence-electron chi connectivity index (χ0n) is 16.6. The molecule has 1 amide bonds. The Bertz CT molecular complexity index is 856. The number of carbonyl (C=O) groups is 1. The number of piperidine rings is 1. The van der Waals surface area contributed by atoms with Crippen LogP contribution < -0.4 is 9.47 Å². The maximum atomic E-state index is 13.1. The summed E-state index contributed by atoms with van der Waals surface area (Å²) < 4.78 is 30.6. The first-order valence-electron chi connectivity index (χ1n) is 10.0. The highest BCUT2D eigenvalue weighted by atomic mass is 19.1. The molecule has 154 valence electrons. The fourth-order valence-electron chi connectivity index (χ4n) is 4.30. The van der Waals surface area contributed by atoms with Crippen LogP contribution in [-0.4, -0.2) is 49.3 Å². The normalized spacial score (nSPS) is 23.9. The third-order valence-electron chi connectivity index (χ3n) is 5.72. The molecule has 2 aliphatic rings. The number of likely N-dealkylation sites (tertiary alicyclic amines) is 1. The number of rotatable bonds is 5. The molecule has 2 heterocycles. The number of benzene rings is 2. The predicted molar refractivity (Wildman–Crippen MR) is 107 cm³/mol. The molecule has 0 aliphatic carbocycles. The van der Waals surface area contributed by atoms with Crippen molar-refractivity contribution in [1.29, 1.82) is 0 Å². The third kappa shape index (κ3) is 4.53. The van der Waals surface area contributed by atoms with Gasteiger partial charge >= 0.3 is 0 Å². The van der Waals surface area contributed by atoms with E-state index in [1.165, 1.54) is 12.1 Å². The second kappa shape index (κ2) is 8.41. The summed E-state index contributed by atoms with van der Waals surface area (Å²) in [4.78, 5) is 14.8. The average molecular weight is 399 g/mol. The van der Waals surface area contributed by atoms with Gasteiger partial charge in [-0.2, -0.15) is 0 Å². The van der Waals surface area contributed by atoms with Gasteiger partial charge in [0.1, 0.15) is 23.4 Å². The molecule has 2 saturated heterocycles. The number of amides is 1. The van der Waals surface area contributed by atoms with Gasteiger partial charge in [-0.05, 0) is 43.2 Å². The van der Waals surface area contributed by atoms with E-state index >= 15 is 0 Å². The van der Waals surface area contributed by atoms with Crippen LogP contribution in [0.15, 0.2) is 48.5 Å². The summed E-state index contributed by atoms with van der Waals surface area (Å²) in [6, 6.07) is 13.7.